The molecule has 1 heteroatoms. The second kappa shape index (κ2) is 15.6. The van der Waals surface area contributed by atoms with E-state index in [0.717, 1.165) is 59.8 Å². The van der Waals surface area contributed by atoms with Crippen LogP contribution in [-0.4, -0.2) is 0 Å². The lowest BCUT2D eigenvalue weighted by Gasteiger charge is -2.26. The Bertz CT molecular complexity index is 4150. The molecule has 0 spiro atoms. The van der Waals surface area contributed by atoms with Crippen molar-refractivity contribution in [3.8, 4) is 55.6 Å². The largest absolute Gasteiger partial charge is 0.311 e. The molecule has 0 atom stereocenters. The topological polar surface area (TPSA) is 3.24 Å². The molecule has 11 aromatic carbocycles. The van der Waals surface area contributed by atoms with Crippen LogP contribution in [0.25, 0.3) is 88.0 Å². The standard InChI is InChI=1S/C60H41N/c1-2-12-47(13-3-1)59-40-33-48-15-7-9-19-58(48)60(59)50-31-38-55(39-32-50)61(54-36-29-49(30-37-54)57-20-10-17-46-14-6-8-18-56(46)57)53-34-27-44(28-35-53)43-21-23-45(24-22-43)52-26-25-42-11-4-5-16-51(42)41-52/h1-41H/i6D,8D,10D,14D,17D,18D,20D,27D,28D,29D,30D,34D,35D,36D,37D. The lowest BCUT2D eigenvalue weighted by Crippen LogP contribution is -2.09. The molecule has 0 N–H and O–H groups in total. The van der Waals surface area contributed by atoms with Crippen molar-refractivity contribution in [2.75, 3.05) is 4.90 Å². The number of hydrogen-bond acceptors (Lipinski definition) is 1. The summed E-state index contributed by atoms with van der Waals surface area (Å²) >= 11 is 0. The maximum absolute atomic E-state index is 9.71. The molecule has 0 amide bonds. The zero-order valence-electron chi connectivity index (χ0n) is 47.5. The van der Waals surface area contributed by atoms with Gasteiger partial charge in [0.05, 0.1) is 20.6 Å². The van der Waals surface area contributed by atoms with E-state index in [-0.39, 0.29) is 11.3 Å². The fourth-order valence-electron chi connectivity index (χ4n) is 7.89. The van der Waals surface area contributed by atoms with Gasteiger partial charge in [0.25, 0.3) is 0 Å². The molecule has 0 aromatic heterocycles. The van der Waals surface area contributed by atoms with E-state index in [4.69, 9.17) is 9.60 Å². The summed E-state index contributed by atoms with van der Waals surface area (Å²) in [6.07, 6.45) is 0. The first-order valence-electron chi connectivity index (χ1n) is 27.3. The fraction of sp³-hybridized carbons (Fsp3) is 0. The second-order valence-electron chi connectivity index (χ2n) is 14.5. The quantitative estimate of drug-likeness (QED) is 0.148. The molecule has 0 aliphatic carbocycles. The summed E-state index contributed by atoms with van der Waals surface area (Å²) in [5.74, 6) is 0. The summed E-state index contributed by atoms with van der Waals surface area (Å²) in [6, 6.07) is 39.8. The van der Waals surface area contributed by atoms with E-state index < -0.39 is 124 Å². The maximum Gasteiger partial charge on any atom is 0.0645 e. The Labute approximate surface area is 378 Å². The van der Waals surface area contributed by atoms with Crippen molar-refractivity contribution >= 4 is 49.4 Å². The number of rotatable bonds is 8. The zero-order valence-corrected chi connectivity index (χ0v) is 32.5. The molecule has 0 saturated carbocycles. The first kappa shape index (κ1) is 23.6. The normalized spacial score (nSPS) is 14.7. The van der Waals surface area contributed by atoms with Gasteiger partial charge in [-0.3, -0.25) is 0 Å². The molecule has 61 heavy (non-hydrogen) atoms. The van der Waals surface area contributed by atoms with E-state index in [2.05, 4.69) is 6.07 Å². The average Bonchev–Trinajstić information content (AvgIpc) is 3.48. The van der Waals surface area contributed by atoms with Crippen LogP contribution in [0.2, 0.25) is 0 Å². The van der Waals surface area contributed by atoms with Gasteiger partial charge < -0.3 is 4.90 Å². The molecule has 0 radical (unpaired) electrons. The highest BCUT2D eigenvalue weighted by molar-refractivity contribution is 6.04. The van der Waals surface area contributed by atoms with E-state index >= 15 is 0 Å². The van der Waals surface area contributed by atoms with E-state index in [1.807, 2.05) is 115 Å². The molecule has 11 rings (SSSR count). The predicted molar refractivity (Wildman–Crippen MR) is 261 cm³/mol. The van der Waals surface area contributed by atoms with Crippen LogP contribution in [-0.2, 0) is 0 Å². The number of fused-ring (bicyclic) bond motifs is 3. The van der Waals surface area contributed by atoms with Crippen molar-refractivity contribution in [3.05, 3.63) is 248 Å². The van der Waals surface area contributed by atoms with Gasteiger partial charge in [-0.2, -0.15) is 0 Å². The number of benzene rings is 11. The molecular weight excluding hydrogens is 735 g/mol. The van der Waals surface area contributed by atoms with Gasteiger partial charge in [-0.25, -0.2) is 0 Å². The molecule has 286 valence electrons. The maximum atomic E-state index is 9.71. The highest BCUT2D eigenvalue weighted by Crippen LogP contribution is 2.42. The van der Waals surface area contributed by atoms with Crippen molar-refractivity contribution in [2.45, 2.75) is 0 Å². The van der Waals surface area contributed by atoms with E-state index in [0.29, 0.717) is 5.56 Å². The van der Waals surface area contributed by atoms with Crippen LogP contribution >= 0.6 is 0 Å². The highest BCUT2D eigenvalue weighted by Gasteiger charge is 2.17. The minimum Gasteiger partial charge on any atom is -0.311 e. The summed E-state index contributed by atoms with van der Waals surface area (Å²) < 4.78 is 138. The molecule has 0 aliphatic heterocycles. The third-order valence-corrected chi connectivity index (χ3v) is 10.9. The highest BCUT2D eigenvalue weighted by atomic mass is 15.1. The van der Waals surface area contributed by atoms with Gasteiger partial charge in [-0.1, -0.05) is 206 Å². The van der Waals surface area contributed by atoms with Crippen LogP contribution in [0, 0.1) is 0 Å². The Morgan fingerprint density at radius 2 is 0.852 bits per heavy atom. The number of hydrogen-bond donors (Lipinski definition) is 0. The minimum absolute atomic E-state index is 0.0122. The number of nitrogens with zero attached hydrogens (tertiary/aromatic N) is 1. The fourth-order valence-corrected chi connectivity index (χ4v) is 7.89. The minimum atomic E-state index is -0.793. The molecule has 1 nitrogen and oxygen atoms in total. The zero-order chi connectivity index (χ0) is 53.6. The number of anilines is 3. The summed E-state index contributed by atoms with van der Waals surface area (Å²) in [7, 11) is 0. The Hall–Kier alpha value is -8.00. The van der Waals surface area contributed by atoms with Crippen molar-refractivity contribution < 1.29 is 20.6 Å². The second-order valence-corrected chi connectivity index (χ2v) is 14.5. The van der Waals surface area contributed by atoms with Crippen molar-refractivity contribution in [2.24, 2.45) is 0 Å². The smallest absolute Gasteiger partial charge is 0.0645 e. The van der Waals surface area contributed by atoms with E-state index in [1.165, 1.54) is 0 Å². The first-order valence-corrected chi connectivity index (χ1v) is 19.8. The van der Waals surface area contributed by atoms with Gasteiger partial charge in [0.1, 0.15) is 0 Å². The van der Waals surface area contributed by atoms with Crippen molar-refractivity contribution in [1.82, 2.24) is 0 Å². The molecule has 0 saturated heterocycles. The SMILES string of the molecule is [2H]c1c([2H])c(N(c2ccc(-c3c(-c4ccccc4)ccc4ccccc34)cc2)c2c([2H])c([2H])c(-c3c([2H])c([2H])c([2H])c4c([2H])c([2H])c([2H])c([2H])c34)c([2H])c2[2H])c([2H])c([2H])c1-c1ccc(-c2ccc3ccccc3c2)cc1. The van der Waals surface area contributed by atoms with Gasteiger partial charge in [-0.05, 0) is 130 Å². The van der Waals surface area contributed by atoms with Crippen molar-refractivity contribution in [1.29, 1.82) is 0 Å². The van der Waals surface area contributed by atoms with E-state index in [1.54, 1.807) is 36.4 Å². The Morgan fingerprint density at radius 3 is 1.61 bits per heavy atom. The predicted octanol–water partition coefficient (Wildman–Crippen LogP) is 17.0. The lowest BCUT2D eigenvalue weighted by molar-refractivity contribution is 1.28. The van der Waals surface area contributed by atoms with Gasteiger partial charge in [0.2, 0.25) is 0 Å². The van der Waals surface area contributed by atoms with Gasteiger partial charge in [-0.15, -0.1) is 0 Å². The van der Waals surface area contributed by atoms with Crippen LogP contribution in [0.1, 0.15) is 20.6 Å². The third-order valence-electron chi connectivity index (χ3n) is 10.9. The van der Waals surface area contributed by atoms with Crippen LogP contribution in [0.4, 0.5) is 17.1 Å². The molecule has 0 aliphatic rings. The van der Waals surface area contributed by atoms with Crippen LogP contribution in [0.5, 0.6) is 0 Å². The summed E-state index contributed by atoms with van der Waals surface area (Å²) in [5, 5.41) is 3.20. The molecule has 11 aromatic rings. The molecule has 0 unspecified atom stereocenters. The van der Waals surface area contributed by atoms with E-state index in [9.17, 15) is 11.0 Å². The molecule has 0 heterocycles. The van der Waals surface area contributed by atoms with Gasteiger partial charge in [0, 0.05) is 17.1 Å². The van der Waals surface area contributed by atoms with Gasteiger partial charge in [0.15, 0.2) is 0 Å². The molecule has 0 bridgehead atoms. The Kier molecular flexibility index (Phi) is 6.04. The van der Waals surface area contributed by atoms with Crippen LogP contribution in [0.3, 0.4) is 0 Å². The Balaban J connectivity index is 1.13. The third kappa shape index (κ3) is 6.93. The average molecular weight is 791 g/mol. The Morgan fingerprint density at radius 1 is 0.279 bits per heavy atom. The van der Waals surface area contributed by atoms with Crippen LogP contribution in [0.15, 0.2) is 248 Å². The summed E-state index contributed by atoms with van der Waals surface area (Å²) in [5.41, 5.74) is 3.89. The summed E-state index contributed by atoms with van der Waals surface area (Å²) in [6.45, 7) is 0. The first-order chi connectivity index (χ1) is 36.5. The summed E-state index contributed by atoms with van der Waals surface area (Å²) in [4.78, 5) is 1.16. The molecule has 0 fully saturated rings. The molecular formula is C60H41N. The van der Waals surface area contributed by atoms with Crippen molar-refractivity contribution in [3.63, 3.8) is 0 Å². The monoisotopic (exact) mass is 790 g/mol. The lowest BCUT2D eigenvalue weighted by atomic mass is 9.89. The van der Waals surface area contributed by atoms with Crippen LogP contribution < -0.4 is 4.90 Å². The van der Waals surface area contributed by atoms with Gasteiger partial charge >= 0.3 is 0 Å².